The average molecular weight is 293 g/mol. The Balaban J connectivity index is 2.55. The maximum absolute atomic E-state index is 11.1. The summed E-state index contributed by atoms with van der Waals surface area (Å²) in [4.78, 5) is 13.2. The van der Waals surface area contributed by atoms with Crippen molar-refractivity contribution in [1.29, 1.82) is 0 Å². The molecule has 0 saturated carbocycles. The monoisotopic (exact) mass is 293 g/mol. The van der Waals surface area contributed by atoms with Crippen molar-refractivity contribution >= 4 is 11.4 Å². The SMILES string of the molecule is CCN(CC)CCC[C@H](C)Nc1ccc(C)cc1[N+](=O)[O-]. The summed E-state index contributed by atoms with van der Waals surface area (Å²) in [6.45, 7) is 11.5. The Morgan fingerprint density at radius 1 is 1.33 bits per heavy atom. The summed E-state index contributed by atoms with van der Waals surface area (Å²) < 4.78 is 0. The van der Waals surface area contributed by atoms with Crippen LogP contribution < -0.4 is 5.32 Å². The topological polar surface area (TPSA) is 58.4 Å². The average Bonchev–Trinajstić information content (AvgIpc) is 2.45. The molecule has 0 amide bonds. The summed E-state index contributed by atoms with van der Waals surface area (Å²) >= 11 is 0. The van der Waals surface area contributed by atoms with Crippen molar-refractivity contribution in [3.63, 3.8) is 0 Å². The summed E-state index contributed by atoms with van der Waals surface area (Å²) in [6.07, 6.45) is 2.09. The third-order valence-corrected chi connectivity index (χ3v) is 3.76. The van der Waals surface area contributed by atoms with Gasteiger partial charge in [0.05, 0.1) is 4.92 Å². The highest BCUT2D eigenvalue weighted by Crippen LogP contribution is 2.26. The first kappa shape index (κ1) is 17.4. The zero-order chi connectivity index (χ0) is 15.8. The minimum atomic E-state index is -0.321. The van der Waals surface area contributed by atoms with Gasteiger partial charge < -0.3 is 10.2 Å². The van der Waals surface area contributed by atoms with Crippen LogP contribution in [0.15, 0.2) is 18.2 Å². The first-order valence-electron chi connectivity index (χ1n) is 7.71. The Morgan fingerprint density at radius 3 is 2.57 bits per heavy atom. The van der Waals surface area contributed by atoms with Crippen molar-refractivity contribution in [2.24, 2.45) is 0 Å². The fraction of sp³-hybridized carbons (Fsp3) is 0.625. The van der Waals surface area contributed by atoms with Gasteiger partial charge >= 0.3 is 0 Å². The molecule has 0 bridgehead atoms. The number of aryl methyl sites for hydroxylation is 1. The summed E-state index contributed by atoms with van der Waals surface area (Å²) in [5, 5.41) is 14.4. The quantitative estimate of drug-likeness (QED) is 0.555. The number of benzene rings is 1. The van der Waals surface area contributed by atoms with Crippen molar-refractivity contribution in [2.75, 3.05) is 25.0 Å². The summed E-state index contributed by atoms with van der Waals surface area (Å²) in [5.74, 6) is 0. The van der Waals surface area contributed by atoms with Crippen LogP contribution in [0.3, 0.4) is 0 Å². The largest absolute Gasteiger partial charge is 0.377 e. The molecule has 0 unspecified atom stereocenters. The third-order valence-electron chi connectivity index (χ3n) is 3.76. The molecule has 1 atom stereocenters. The molecule has 5 nitrogen and oxygen atoms in total. The van der Waals surface area contributed by atoms with E-state index in [0.29, 0.717) is 5.69 Å². The Bertz CT molecular complexity index is 459. The van der Waals surface area contributed by atoms with E-state index in [2.05, 4.69) is 31.0 Å². The summed E-state index contributed by atoms with van der Waals surface area (Å²) in [6, 6.07) is 5.54. The van der Waals surface area contributed by atoms with Crippen molar-refractivity contribution in [1.82, 2.24) is 4.90 Å². The number of nitro groups is 1. The molecule has 0 aromatic heterocycles. The Morgan fingerprint density at radius 2 is 2.00 bits per heavy atom. The predicted octanol–water partition coefficient (Wildman–Crippen LogP) is 3.83. The number of nitrogens with zero attached hydrogens (tertiary/aromatic N) is 2. The van der Waals surface area contributed by atoms with Crippen LogP contribution in [-0.2, 0) is 0 Å². The van der Waals surface area contributed by atoms with Gasteiger partial charge in [-0.25, -0.2) is 0 Å². The minimum Gasteiger partial charge on any atom is -0.377 e. The fourth-order valence-corrected chi connectivity index (χ4v) is 2.41. The van der Waals surface area contributed by atoms with Crippen LogP contribution in [0.5, 0.6) is 0 Å². The number of nitro benzene ring substituents is 1. The third kappa shape index (κ3) is 5.71. The maximum Gasteiger partial charge on any atom is 0.292 e. The molecule has 0 fully saturated rings. The standard InChI is InChI=1S/C16H27N3O2/c1-5-18(6-2)11-7-8-14(4)17-15-10-9-13(3)12-16(15)19(20)21/h9-10,12,14,17H,5-8,11H2,1-4H3/t14-/m0/s1. The lowest BCUT2D eigenvalue weighted by molar-refractivity contribution is -0.384. The molecule has 118 valence electrons. The van der Waals surface area contributed by atoms with Crippen LogP contribution in [0.25, 0.3) is 0 Å². The van der Waals surface area contributed by atoms with Crippen LogP contribution >= 0.6 is 0 Å². The Kier molecular flexibility index (Phi) is 7.15. The maximum atomic E-state index is 11.1. The molecule has 1 aromatic carbocycles. The van der Waals surface area contributed by atoms with Crippen LogP contribution in [0.4, 0.5) is 11.4 Å². The van der Waals surface area contributed by atoms with Gasteiger partial charge in [0.25, 0.3) is 5.69 Å². The number of rotatable bonds is 9. The predicted molar refractivity (Wildman–Crippen MR) is 87.9 cm³/mol. The van der Waals surface area contributed by atoms with Gasteiger partial charge in [0, 0.05) is 12.1 Å². The smallest absolute Gasteiger partial charge is 0.292 e. The van der Waals surface area contributed by atoms with Gasteiger partial charge in [-0.1, -0.05) is 19.9 Å². The van der Waals surface area contributed by atoms with E-state index < -0.39 is 0 Å². The van der Waals surface area contributed by atoms with Gasteiger partial charge in [-0.3, -0.25) is 10.1 Å². The first-order valence-corrected chi connectivity index (χ1v) is 7.71. The molecule has 1 aromatic rings. The molecule has 0 spiro atoms. The highest BCUT2D eigenvalue weighted by atomic mass is 16.6. The molecule has 21 heavy (non-hydrogen) atoms. The normalized spacial score (nSPS) is 12.4. The number of hydrogen-bond donors (Lipinski definition) is 1. The molecule has 5 heteroatoms. The van der Waals surface area contributed by atoms with Gasteiger partial charge in [-0.05, 0) is 58.0 Å². The van der Waals surface area contributed by atoms with E-state index in [4.69, 9.17) is 0 Å². The Labute approximate surface area is 127 Å². The van der Waals surface area contributed by atoms with E-state index in [1.807, 2.05) is 13.0 Å². The number of nitrogens with one attached hydrogen (secondary N) is 1. The lowest BCUT2D eigenvalue weighted by Crippen LogP contribution is -2.25. The number of hydrogen-bond acceptors (Lipinski definition) is 4. The fourth-order valence-electron chi connectivity index (χ4n) is 2.41. The summed E-state index contributed by atoms with van der Waals surface area (Å²) in [5.41, 5.74) is 1.67. The lowest BCUT2D eigenvalue weighted by Gasteiger charge is -2.20. The molecular weight excluding hydrogens is 266 g/mol. The van der Waals surface area contributed by atoms with Gasteiger partial charge in [0.15, 0.2) is 0 Å². The molecule has 0 aliphatic rings. The molecule has 0 radical (unpaired) electrons. The zero-order valence-electron chi connectivity index (χ0n) is 13.6. The minimum absolute atomic E-state index is 0.158. The van der Waals surface area contributed by atoms with Gasteiger partial charge in [-0.2, -0.15) is 0 Å². The zero-order valence-corrected chi connectivity index (χ0v) is 13.6. The van der Waals surface area contributed by atoms with E-state index in [1.54, 1.807) is 12.1 Å². The van der Waals surface area contributed by atoms with Crippen LogP contribution in [0.1, 0.15) is 39.2 Å². The van der Waals surface area contributed by atoms with E-state index in [-0.39, 0.29) is 16.7 Å². The summed E-state index contributed by atoms with van der Waals surface area (Å²) in [7, 11) is 0. The van der Waals surface area contributed by atoms with E-state index in [1.165, 1.54) is 0 Å². The molecule has 0 heterocycles. The van der Waals surface area contributed by atoms with Gasteiger partial charge in [0.2, 0.25) is 0 Å². The van der Waals surface area contributed by atoms with Crippen LogP contribution in [0, 0.1) is 17.0 Å². The number of anilines is 1. The molecule has 1 N–H and O–H groups in total. The van der Waals surface area contributed by atoms with Gasteiger partial charge in [-0.15, -0.1) is 0 Å². The second kappa shape index (κ2) is 8.62. The van der Waals surface area contributed by atoms with Gasteiger partial charge in [0.1, 0.15) is 5.69 Å². The molecule has 1 rings (SSSR count). The van der Waals surface area contributed by atoms with Crippen molar-refractivity contribution in [2.45, 2.75) is 46.6 Å². The molecule has 0 aliphatic carbocycles. The van der Waals surface area contributed by atoms with Crippen molar-refractivity contribution < 1.29 is 4.92 Å². The van der Waals surface area contributed by atoms with E-state index >= 15 is 0 Å². The van der Waals surface area contributed by atoms with Crippen LogP contribution in [0.2, 0.25) is 0 Å². The highest BCUT2D eigenvalue weighted by Gasteiger charge is 2.15. The highest BCUT2D eigenvalue weighted by molar-refractivity contribution is 5.62. The van der Waals surface area contributed by atoms with E-state index in [9.17, 15) is 10.1 Å². The molecular formula is C16H27N3O2. The second-order valence-electron chi connectivity index (χ2n) is 5.49. The molecule has 0 saturated heterocycles. The Hall–Kier alpha value is -1.62. The van der Waals surface area contributed by atoms with Crippen molar-refractivity contribution in [3.8, 4) is 0 Å². The van der Waals surface area contributed by atoms with E-state index in [0.717, 1.165) is 38.0 Å². The molecule has 0 aliphatic heterocycles. The lowest BCUT2D eigenvalue weighted by atomic mass is 10.1. The van der Waals surface area contributed by atoms with Crippen molar-refractivity contribution in [3.05, 3.63) is 33.9 Å². The van der Waals surface area contributed by atoms with Crippen LogP contribution in [-0.4, -0.2) is 35.5 Å². The second-order valence-corrected chi connectivity index (χ2v) is 5.49. The first-order chi connectivity index (χ1) is 9.97.